The van der Waals surface area contributed by atoms with E-state index in [1.165, 1.54) is 6.92 Å². The summed E-state index contributed by atoms with van der Waals surface area (Å²) in [5.41, 5.74) is 5.56. The molecule has 0 saturated carbocycles. The van der Waals surface area contributed by atoms with Crippen molar-refractivity contribution in [3.05, 3.63) is 28.6 Å². The Bertz CT molecular complexity index is 408. The molecule has 0 fully saturated rings. The van der Waals surface area contributed by atoms with Crippen LogP contribution in [0.15, 0.2) is 6.20 Å². The normalized spacial score (nSPS) is 10.6. The number of nitrogens with zero attached hydrogens (tertiary/aromatic N) is 1. The van der Waals surface area contributed by atoms with Crippen LogP contribution in [-0.2, 0) is 11.3 Å². The molecule has 1 rings (SSSR count). The molecule has 0 aromatic carbocycles. The molecule has 0 unspecified atom stereocenters. The van der Waals surface area contributed by atoms with Crippen molar-refractivity contribution in [2.24, 2.45) is 5.73 Å². The fourth-order valence-corrected chi connectivity index (χ4v) is 1.41. The van der Waals surface area contributed by atoms with Gasteiger partial charge in [0.05, 0.1) is 23.9 Å². The third-order valence-corrected chi connectivity index (χ3v) is 2.27. The van der Waals surface area contributed by atoms with E-state index in [1.54, 1.807) is 0 Å². The molecule has 0 spiro atoms. The minimum Gasteiger partial charge on any atom is -0.465 e. The standard InChI is InChI=1S/C10H12F2N2O2/c1-5-7(3-13)14-4-6(9(11)12)8(5)10(15)16-2/h4,9H,3,13H2,1-2H3. The van der Waals surface area contributed by atoms with Crippen molar-refractivity contribution in [2.45, 2.75) is 19.9 Å². The van der Waals surface area contributed by atoms with Crippen LogP contribution in [0.1, 0.15) is 33.6 Å². The predicted octanol–water partition coefficient (Wildman–Crippen LogP) is 1.57. The molecule has 0 radical (unpaired) electrons. The van der Waals surface area contributed by atoms with Crippen molar-refractivity contribution in [3.63, 3.8) is 0 Å². The maximum absolute atomic E-state index is 12.7. The van der Waals surface area contributed by atoms with E-state index in [-0.39, 0.29) is 12.1 Å². The van der Waals surface area contributed by atoms with Crippen LogP contribution >= 0.6 is 0 Å². The Balaban J connectivity index is 3.42. The van der Waals surface area contributed by atoms with E-state index in [4.69, 9.17) is 5.73 Å². The van der Waals surface area contributed by atoms with E-state index < -0.39 is 18.0 Å². The first-order chi connectivity index (χ1) is 7.52. The third kappa shape index (κ3) is 2.16. The largest absolute Gasteiger partial charge is 0.465 e. The molecule has 0 aliphatic heterocycles. The summed E-state index contributed by atoms with van der Waals surface area (Å²) in [5.74, 6) is -0.801. The van der Waals surface area contributed by atoms with E-state index in [0.717, 1.165) is 13.3 Å². The molecule has 16 heavy (non-hydrogen) atoms. The molecule has 0 aliphatic rings. The topological polar surface area (TPSA) is 65.2 Å². The smallest absolute Gasteiger partial charge is 0.338 e. The van der Waals surface area contributed by atoms with Gasteiger partial charge >= 0.3 is 5.97 Å². The van der Waals surface area contributed by atoms with Gasteiger partial charge in [0.1, 0.15) is 0 Å². The number of hydrogen-bond donors (Lipinski definition) is 1. The van der Waals surface area contributed by atoms with Gasteiger partial charge in [-0.25, -0.2) is 13.6 Å². The number of methoxy groups -OCH3 is 1. The number of esters is 1. The molecule has 0 bridgehead atoms. The lowest BCUT2D eigenvalue weighted by molar-refractivity contribution is 0.0588. The van der Waals surface area contributed by atoms with Crippen molar-refractivity contribution in [1.29, 1.82) is 0 Å². The van der Waals surface area contributed by atoms with E-state index >= 15 is 0 Å². The number of alkyl halides is 2. The van der Waals surface area contributed by atoms with Crippen molar-refractivity contribution in [1.82, 2.24) is 4.98 Å². The molecular weight excluding hydrogens is 218 g/mol. The number of carbonyl (C=O) groups is 1. The summed E-state index contributed by atoms with van der Waals surface area (Å²) in [6.07, 6.45) is -1.81. The highest BCUT2D eigenvalue weighted by Gasteiger charge is 2.23. The van der Waals surface area contributed by atoms with Gasteiger partial charge in [-0.3, -0.25) is 4.98 Å². The van der Waals surface area contributed by atoms with Gasteiger partial charge in [0.2, 0.25) is 0 Å². The maximum Gasteiger partial charge on any atom is 0.338 e. The van der Waals surface area contributed by atoms with Gasteiger partial charge in [-0.2, -0.15) is 0 Å². The lowest BCUT2D eigenvalue weighted by Crippen LogP contribution is -2.13. The number of carbonyl (C=O) groups excluding carboxylic acids is 1. The average Bonchev–Trinajstić information content (AvgIpc) is 2.27. The quantitative estimate of drug-likeness (QED) is 0.800. The number of pyridine rings is 1. The fourth-order valence-electron chi connectivity index (χ4n) is 1.41. The van der Waals surface area contributed by atoms with Gasteiger partial charge in [-0.05, 0) is 12.5 Å². The van der Waals surface area contributed by atoms with Crippen molar-refractivity contribution in [2.75, 3.05) is 7.11 Å². The zero-order valence-electron chi connectivity index (χ0n) is 8.96. The Morgan fingerprint density at radius 3 is 2.69 bits per heavy atom. The molecule has 88 valence electrons. The van der Waals surface area contributed by atoms with E-state index in [1.807, 2.05) is 0 Å². The molecule has 6 heteroatoms. The van der Waals surface area contributed by atoms with Gasteiger partial charge < -0.3 is 10.5 Å². The summed E-state index contributed by atoms with van der Waals surface area (Å²) < 4.78 is 29.8. The summed E-state index contributed by atoms with van der Waals surface area (Å²) in [5, 5.41) is 0. The summed E-state index contributed by atoms with van der Waals surface area (Å²) in [6.45, 7) is 1.60. The zero-order chi connectivity index (χ0) is 12.3. The Hall–Kier alpha value is -1.56. The molecule has 1 aromatic heterocycles. The second-order valence-electron chi connectivity index (χ2n) is 3.16. The molecule has 1 heterocycles. The summed E-state index contributed by atoms with van der Waals surface area (Å²) >= 11 is 0. The SMILES string of the molecule is COC(=O)c1c(C(F)F)cnc(CN)c1C. The van der Waals surface area contributed by atoms with Gasteiger partial charge in [0, 0.05) is 12.7 Å². The minimum atomic E-state index is -2.77. The molecule has 0 saturated heterocycles. The molecule has 1 aromatic rings. The fraction of sp³-hybridized carbons (Fsp3) is 0.400. The van der Waals surface area contributed by atoms with Crippen LogP contribution in [0, 0.1) is 6.92 Å². The van der Waals surface area contributed by atoms with Crippen molar-refractivity contribution in [3.8, 4) is 0 Å². The van der Waals surface area contributed by atoms with Crippen LogP contribution in [0.25, 0.3) is 0 Å². The molecule has 2 N–H and O–H groups in total. The van der Waals surface area contributed by atoms with E-state index in [0.29, 0.717) is 11.3 Å². The van der Waals surface area contributed by atoms with Gasteiger partial charge in [-0.1, -0.05) is 0 Å². The van der Waals surface area contributed by atoms with Crippen molar-refractivity contribution >= 4 is 5.97 Å². The Kier molecular flexibility index (Phi) is 3.89. The Morgan fingerprint density at radius 2 is 2.25 bits per heavy atom. The monoisotopic (exact) mass is 230 g/mol. The zero-order valence-corrected chi connectivity index (χ0v) is 8.96. The van der Waals surface area contributed by atoms with Crippen LogP contribution in [0.5, 0.6) is 0 Å². The summed E-state index contributed by atoms with van der Waals surface area (Å²) in [7, 11) is 1.14. The van der Waals surface area contributed by atoms with Gasteiger partial charge in [0.15, 0.2) is 0 Å². The number of nitrogens with two attached hydrogens (primary N) is 1. The number of ether oxygens (including phenoxy) is 1. The molecule has 4 nitrogen and oxygen atoms in total. The molecule has 0 aliphatic carbocycles. The lowest BCUT2D eigenvalue weighted by atomic mass is 10.0. The second-order valence-corrected chi connectivity index (χ2v) is 3.16. The third-order valence-electron chi connectivity index (χ3n) is 2.27. The number of hydrogen-bond acceptors (Lipinski definition) is 4. The van der Waals surface area contributed by atoms with Crippen molar-refractivity contribution < 1.29 is 18.3 Å². The van der Waals surface area contributed by atoms with Gasteiger partial charge in [0.25, 0.3) is 6.43 Å². The van der Waals surface area contributed by atoms with E-state index in [9.17, 15) is 13.6 Å². The first-order valence-electron chi connectivity index (χ1n) is 4.57. The molecule has 0 atom stereocenters. The summed E-state index contributed by atoms with van der Waals surface area (Å²) in [4.78, 5) is 15.2. The van der Waals surface area contributed by atoms with Crippen LogP contribution in [0.3, 0.4) is 0 Å². The van der Waals surface area contributed by atoms with Crippen LogP contribution < -0.4 is 5.73 Å². The van der Waals surface area contributed by atoms with Gasteiger partial charge in [-0.15, -0.1) is 0 Å². The molecule has 0 amide bonds. The number of halogens is 2. The highest BCUT2D eigenvalue weighted by Crippen LogP contribution is 2.26. The molecular formula is C10H12F2N2O2. The minimum absolute atomic E-state index is 0.0827. The van der Waals surface area contributed by atoms with E-state index in [2.05, 4.69) is 9.72 Å². The highest BCUT2D eigenvalue weighted by molar-refractivity contribution is 5.92. The highest BCUT2D eigenvalue weighted by atomic mass is 19.3. The predicted molar refractivity (Wildman–Crippen MR) is 53.2 cm³/mol. The number of rotatable bonds is 3. The van der Waals surface area contributed by atoms with Crippen LogP contribution in [-0.4, -0.2) is 18.1 Å². The lowest BCUT2D eigenvalue weighted by Gasteiger charge is -2.12. The Morgan fingerprint density at radius 1 is 1.62 bits per heavy atom. The second kappa shape index (κ2) is 4.98. The van der Waals surface area contributed by atoms with Crippen LogP contribution in [0.2, 0.25) is 0 Å². The summed E-state index contributed by atoms with van der Waals surface area (Å²) in [6, 6.07) is 0. The average molecular weight is 230 g/mol. The van der Waals surface area contributed by atoms with Crippen LogP contribution in [0.4, 0.5) is 8.78 Å². The Labute approximate surface area is 91.4 Å². The first kappa shape index (κ1) is 12.5. The maximum atomic E-state index is 12.7. The first-order valence-corrected chi connectivity index (χ1v) is 4.57. The number of aromatic nitrogens is 1.